The first kappa shape index (κ1) is 13.1. The van der Waals surface area contributed by atoms with Crippen molar-refractivity contribution in [3.63, 3.8) is 0 Å². The third kappa shape index (κ3) is 2.84. The highest BCUT2D eigenvalue weighted by atomic mass is 32.1. The number of thiophene rings is 1. The molecule has 0 fully saturated rings. The van der Waals surface area contributed by atoms with E-state index in [1.54, 1.807) is 30.3 Å². The zero-order valence-corrected chi connectivity index (χ0v) is 11.4. The Balaban J connectivity index is 1.88. The van der Waals surface area contributed by atoms with Crippen LogP contribution in [0.3, 0.4) is 0 Å². The normalized spacial score (nSPS) is 15.5. The fourth-order valence-corrected chi connectivity index (χ4v) is 2.41. The number of carbonyl (C=O) groups excluding carboxylic acids is 1. The van der Waals surface area contributed by atoms with Crippen LogP contribution in [-0.4, -0.2) is 11.9 Å². The first-order valence-electron chi connectivity index (χ1n) is 5.98. The van der Waals surface area contributed by atoms with Gasteiger partial charge in [0.05, 0.1) is 4.88 Å². The predicted molar refractivity (Wildman–Crippen MR) is 80.2 cm³/mol. The molecule has 2 heterocycles. The maximum Gasteiger partial charge on any atom is 0.363 e. The Morgan fingerprint density at radius 2 is 2.10 bits per heavy atom. The fourth-order valence-electron chi connectivity index (χ4n) is 1.76. The molecule has 0 atom stereocenters. The Morgan fingerprint density at radius 1 is 1.29 bits per heavy atom. The van der Waals surface area contributed by atoms with Gasteiger partial charge in [0.2, 0.25) is 5.90 Å². The largest absolute Gasteiger partial charge is 0.401 e. The van der Waals surface area contributed by atoms with E-state index in [0.29, 0.717) is 11.6 Å². The zero-order valence-electron chi connectivity index (χ0n) is 10.6. The number of nitrogens with zero attached hydrogens (tertiary/aromatic N) is 4. The number of aliphatic imine (C=N–C) groups is 1. The molecule has 0 spiro atoms. The Labute approximate surface area is 123 Å². The minimum atomic E-state index is -0.475. The van der Waals surface area contributed by atoms with Crippen LogP contribution in [0.1, 0.15) is 10.4 Å². The maximum atomic E-state index is 11.8. The van der Waals surface area contributed by atoms with Crippen LogP contribution in [0.25, 0.3) is 16.5 Å². The predicted octanol–water partition coefficient (Wildman–Crippen LogP) is 4.03. The van der Waals surface area contributed by atoms with E-state index >= 15 is 0 Å². The minimum Gasteiger partial charge on any atom is -0.401 e. The molecule has 0 N–H and O–H groups in total. The highest BCUT2D eigenvalue weighted by Gasteiger charge is 2.24. The molecule has 1 aromatic carbocycles. The highest BCUT2D eigenvalue weighted by Crippen LogP contribution is 2.22. The summed E-state index contributed by atoms with van der Waals surface area (Å²) < 4.78 is 5.14. The monoisotopic (exact) mass is 296 g/mol. The molecule has 0 bridgehead atoms. The third-order valence-corrected chi connectivity index (χ3v) is 3.57. The third-order valence-electron chi connectivity index (χ3n) is 2.71. The summed E-state index contributed by atoms with van der Waals surface area (Å²) in [4.78, 5) is 19.5. The van der Waals surface area contributed by atoms with Gasteiger partial charge in [-0.3, -0.25) is 0 Å². The highest BCUT2D eigenvalue weighted by molar-refractivity contribution is 7.12. The van der Waals surface area contributed by atoms with Gasteiger partial charge >= 0.3 is 5.97 Å². The van der Waals surface area contributed by atoms with E-state index < -0.39 is 5.97 Å². The van der Waals surface area contributed by atoms with Crippen LogP contribution < -0.4 is 0 Å². The molecular weight excluding hydrogens is 288 g/mol. The molecule has 21 heavy (non-hydrogen) atoms. The lowest BCUT2D eigenvalue weighted by Crippen LogP contribution is -2.03. The van der Waals surface area contributed by atoms with Gasteiger partial charge in [0, 0.05) is 10.6 Å². The van der Waals surface area contributed by atoms with Crippen molar-refractivity contribution in [3.05, 3.63) is 68.4 Å². The van der Waals surface area contributed by atoms with Gasteiger partial charge in [0.25, 0.3) is 0 Å². The summed E-state index contributed by atoms with van der Waals surface area (Å²) in [6, 6.07) is 10.5. The van der Waals surface area contributed by atoms with Crippen LogP contribution >= 0.6 is 11.3 Å². The van der Waals surface area contributed by atoms with E-state index in [1.165, 1.54) is 11.3 Å². The number of benzene rings is 1. The smallest absolute Gasteiger partial charge is 0.363 e. The molecule has 0 saturated carbocycles. The van der Waals surface area contributed by atoms with Gasteiger partial charge < -0.3 is 4.74 Å². The first-order chi connectivity index (χ1) is 10.3. The van der Waals surface area contributed by atoms with Crippen molar-refractivity contribution >= 4 is 35.0 Å². The molecule has 0 radical (unpaired) electrons. The summed E-state index contributed by atoms with van der Waals surface area (Å²) in [7, 11) is 0. The lowest BCUT2D eigenvalue weighted by atomic mass is 10.2. The van der Waals surface area contributed by atoms with E-state index in [4.69, 9.17) is 10.3 Å². The maximum absolute atomic E-state index is 11.8. The van der Waals surface area contributed by atoms with Crippen LogP contribution in [0.4, 0.5) is 5.69 Å². The molecule has 1 aliphatic rings. The van der Waals surface area contributed by atoms with E-state index in [2.05, 4.69) is 15.0 Å². The summed E-state index contributed by atoms with van der Waals surface area (Å²) in [6.07, 6.45) is 1.63. The van der Waals surface area contributed by atoms with Crippen molar-refractivity contribution in [1.82, 2.24) is 0 Å². The van der Waals surface area contributed by atoms with E-state index in [0.717, 1.165) is 10.4 Å². The first-order valence-corrected chi connectivity index (χ1v) is 6.86. The summed E-state index contributed by atoms with van der Waals surface area (Å²) in [5, 5.41) is 5.37. The Kier molecular flexibility index (Phi) is 3.51. The van der Waals surface area contributed by atoms with Crippen molar-refractivity contribution in [2.24, 2.45) is 10.1 Å². The van der Waals surface area contributed by atoms with Crippen molar-refractivity contribution in [1.29, 1.82) is 0 Å². The second-order valence-corrected chi connectivity index (χ2v) is 5.04. The Bertz CT molecular complexity index is 785. The molecule has 0 saturated heterocycles. The molecule has 0 aliphatic carbocycles. The van der Waals surface area contributed by atoms with Crippen LogP contribution in [0, 0.1) is 0 Å². The van der Waals surface area contributed by atoms with Gasteiger partial charge in [0.15, 0.2) is 5.70 Å². The lowest BCUT2D eigenvalue weighted by Gasteiger charge is -1.95. The number of azide groups is 1. The molecule has 3 rings (SSSR count). The molecule has 1 aromatic heterocycles. The molecule has 1 aliphatic heterocycles. The van der Waals surface area contributed by atoms with Crippen molar-refractivity contribution < 1.29 is 9.53 Å². The topological polar surface area (TPSA) is 87.4 Å². The standard InChI is InChI=1S/C14H8N4O2S/c15-18-17-10-5-3-9(4-6-10)8-11-14(19)20-13(16-11)12-2-1-7-21-12/h1-8H. The van der Waals surface area contributed by atoms with Gasteiger partial charge in [-0.1, -0.05) is 35.4 Å². The molecular formula is C14H8N4O2S. The van der Waals surface area contributed by atoms with Gasteiger partial charge in [0.1, 0.15) is 0 Å². The van der Waals surface area contributed by atoms with Crippen LogP contribution in [0.15, 0.2) is 57.6 Å². The molecule has 102 valence electrons. The summed E-state index contributed by atoms with van der Waals surface area (Å²) in [6.45, 7) is 0. The number of hydrogen-bond donors (Lipinski definition) is 0. The van der Waals surface area contributed by atoms with Gasteiger partial charge in [-0.15, -0.1) is 11.3 Å². The van der Waals surface area contributed by atoms with Crippen molar-refractivity contribution in [3.8, 4) is 0 Å². The fraction of sp³-hybridized carbons (Fsp3) is 0. The molecule has 7 heteroatoms. The number of hydrogen-bond acceptors (Lipinski definition) is 5. The van der Waals surface area contributed by atoms with Gasteiger partial charge in [-0.2, -0.15) is 0 Å². The summed E-state index contributed by atoms with van der Waals surface area (Å²) in [5.41, 5.74) is 9.87. The summed E-state index contributed by atoms with van der Waals surface area (Å²) >= 11 is 1.46. The zero-order chi connectivity index (χ0) is 14.7. The van der Waals surface area contributed by atoms with Crippen LogP contribution in [0.5, 0.6) is 0 Å². The number of carbonyl (C=O) groups is 1. The number of ether oxygens (including phenoxy) is 1. The molecule has 2 aromatic rings. The summed E-state index contributed by atoms with van der Waals surface area (Å²) in [5.74, 6) is -0.149. The lowest BCUT2D eigenvalue weighted by molar-refractivity contribution is -0.129. The SMILES string of the molecule is [N-]=[N+]=Nc1ccc(C=C2N=C(c3cccs3)OC2=O)cc1. The average Bonchev–Trinajstić information content (AvgIpc) is 3.12. The van der Waals surface area contributed by atoms with Crippen molar-refractivity contribution in [2.45, 2.75) is 0 Å². The van der Waals surface area contributed by atoms with Gasteiger partial charge in [-0.25, -0.2) is 9.79 Å². The van der Waals surface area contributed by atoms with E-state index in [9.17, 15) is 4.79 Å². The molecule has 6 nitrogen and oxygen atoms in total. The van der Waals surface area contributed by atoms with Gasteiger partial charge in [-0.05, 0) is 28.6 Å². The number of esters is 1. The Hall–Kier alpha value is -2.89. The molecule has 0 amide bonds. The van der Waals surface area contributed by atoms with Crippen molar-refractivity contribution in [2.75, 3.05) is 0 Å². The van der Waals surface area contributed by atoms with E-state index in [1.807, 2.05) is 17.5 Å². The second-order valence-electron chi connectivity index (χ2n) is 4.09. The second kappa shape index (κ2) is 5.62. The average molecular weight is 296 g/mol. The number of rotatable bonds is 3. The molecule has 0 unspecified atom stereocenters. The quantitative estimate of drug-likeness (QED) is 0.281. The Morgan fingerprint density at radius 3 is 2.76 bits per heavy atom. The van der Waals surface area contributed by atoms with E-state index in [-0.39, 0.29) is 5.70 Å². The minimum absolute atomic E-state index is 0.245. The number of cyclic esters (lactones) is 1. The van der Waals surface area contributed by atoms with Crippen LogP contribution in [-0.2, 0) is 9.53 Å². The van der Waals surface area contributed by atoms with Crippen LogP contribution in [0.2, 0.25) is 0 Å².